The van der Waals surface area contributed by atoms with Gasteiger partial charge in [0.15, 0.2) is 0 Å². The fourth-order valence-corrected chi connectivity index (χ4v) is 3.02. The molecule has 2 aromatic rings. The number of hydrogen-bond acceptors (Lipinski definition) is 6. The number of morpholine rings is 1. The Morgan fingerprint density at radius 1 is 1.29 bits per heavy atom. The quantitative estimate of drug-likeness (QED) is 0.830. The van der Waals surface area contributed by atoms with Gasteiger partial charge in [-0.3, -0.25) is 9.88 Å². The monoisotopic (exact) mass is 304 g/mol. The first kappa shape index (κ1) is 14.4. The van der Waals surface area contributed by atoms with Crippen LogP contribution in [0, 0.1) is 0 Å². The second-order valence-corrected chi connectivity index (χ2v) is 5.95. The first-order valence-electron chi connectivity index (χ1n) is 7.32. The lowest BCUT2D eigenvalue weighted by atomic mass is 10.3. The summed E-state index contributed by atoms with van der Waals surface area (Å²) in [5.41, 5.74) is 0.933. The molecule has 5 nitrogen and oxygen atoms in total. The topological polar surface area (TPSA) is 50.3 Å². The zero-order chi connectivity index (χ0) is 14.3. The minimum absolute atomic E-state index is 0.850. The van der Waals surface area contributed by atoms with Gasteiger partial charge >= 0.3 is 0 Å². The lowest BCUT2D eigenvalue weighted by Gasteiger charge is -2.26. The highest BCUT2D eigenvalue weighted by atomic mass is 32.1. The van der Waals surface area contributed by atoms with Gasteiger partial charge in [0.25, 0.3) is 0 Å². The molecule has 0 bridgehead atoms. The van der Waals surface area contributed by atoms with Crippen LogP contribution in [0.2, 0.25) is 0 Å². The Bertz CT molecular complexity index is 540. The van der Waals surface area contributed by atoms with Crippen molar-refractivity contribution in [1.29, 1.82) is 0 Å². The molecular formula is C15H20N4OS. The van der Waals surface area contributed by atoms with Gasteiger partial charge in [-0.1, -0.05) is 6.07 Å². The van der Waals surface area contributed by atoms with Gasteiger partial charge in [-0.25, -0.2) is 4.98 Å². The first-order valence-corrected chi connectivity index (χ1v) is 8.20. The molecule has 0 aliphatic carbocycles. The van der Waals surface area contributed by atoms with Crippen LogP contribution in [0.4, 0.5) is 5.82 Å². The second kappa shape index (κ2) is 7.49. The lowest BCUT2D eigenvalue weighted by molar-refractivity contribution is 0.0378. The van der Waals surface area contributed by atoms with Crippen LogP contribution in [0.25, 0.3) is 10.6 Å². The molecule has 112 valence electrons. The van der Waals surface area contributed by atoms with Crippen LogP contribution in [0.1, 0.15) is 6.42 Å². The molecule has 0 saturated carbocycles. The van der Waals surface area contributed by atoms with E-state index in [1.54, 1.807) is 17.5 Å². The molecule has 1 fully saturated rings. The van der Waals surface area contributed by atoms with Gasteiger partial charge in [0.2, 0.25) is 0 Å². The maximum Gasteiger partial charge on any atom is 0.145 e. The van der Waals surface area contributed by atoms with Crippen molar-refractivity contribution in [3.8, 4) is 10.6 Å². The smallest absolute Gasteiger partial charge is 0.145 e. The van der Waals surface area contributed by atoms with Gasteiger partial charge in [0, 0.05) is 19.6 Å². The van der Waals surface area contributed by atoms with Crippen molar-refractivity contribution >= 4 is 17.2 Å². The van der Waals surface area contributed by atoms with E-state index in [0.29, 0.717) is 0 Å². The predicted octanol–water partition coefficient (Wildman–Crippen LogP) is 2.34. The SMILES string of the molecule is c1csc(-c2cncc(NCCCN3CCOCC3)n2)c1. The van der Waals surface area contributed by atoms with E-state index >= 15 is 0 Å². The summed E-state index contributed by atoms with van der Waals surface area (Å²) in [5.74, 6) is 0.850. The summed E-state index contributed by atoms with van der Waals surface area (Å²) in [6, 6.07) is 4.10. The minimum Gasteiger partial charge on any atom is -0.379 e. The summed E-state index contributed by atoms with van der Waals surface area (Å²) in [6.07, 6.45) is 4.70. The molecule has 0 radical (unpaired) electrons. The molecule has 2 aromatic heterocycles. The number of nitrogens with one attached hydrogen (secondary N) is 1. The molecule has 21 heavy (non-hydrogen) atoms. The van der Waals surface area contributed by atoms with E-state index in [1.807, 2.05) is 12.3 Å². The van der Waals surface area contributed by atoms with Gasteiger partial charge in [0.05, 0.1) is 30.5 Å². The molecule has 6 heteroatoms. The number of hydrogen-bond donors (Lipinski definition) is 1. The van der Waals surface area contributed by atoms with E-state index in [4.69, 9.17) is 4.74 Å². The molecule has 0 aromatic carbocycles. The number of anilines is 1. The van der Waals surface area contributed by atoms with Crippen LogP contribution in [0.3, 0.4) is 0 Å². The van der Waals surface area contributed by atoms with E-state index in [1.165, 1.54) is 0 Å². The maximum atomic E-state index is 5.35. The first-order chi connectivity index (χ1) is 10.4. The number of thiophene rings is 1. The predicted molar refractivity (Wildman–Crippen MR) is 85.7 cm³/mol. The van der Waals surface area contributed by atoms with Crippen LogP contribution in [-0.4, -0.2) is 54.3 Å². The van der Waals surface area contributed by atoms with E-state index in [-0.39, 0.29) is 0 Å². The van der Waals surface area contributed by atoms with Crippen LogP contribution < -0.4 is 5.32 Å². The largest absolute Gasteiger partial charge is 0.379 e. The minimum atomic E-state index is 0.850. The normalized spacial score (nSPS) is 16.0. The van der Waals surface area contributed by atoms with Gasteiger partial charge in [-0.2, -0.15) is 0 Å². The fourth-order valence-electron chi connectivity index (χ4n) is 2.34. The number of nitrogens with zero attached hydrogens (tertiary/aromatic N) is 3. The lowest BCUT2D eigenvalue weighted by Crippen LogP contribution is -2.37. The van der Waals surface area contributed by atoms with E-state index < -0.39 is 0 Å². The van der Waals surface area contributed by atoms with Crippen LogP contribution >= 0.6 is 11.3 Å². The number of ether oxygens (including phenoxy) is 1. The molecule has 0 spiro atoms. The molecule has 1 aliphatic rings. The Morgan fingerprint density at radius 2 is 2.19 bits per heavy atom. The summed E-state index contributed by atoms with van der Waals surface area (Å²) in [7, 11) is 0. The Hall–Kier alpha value is -1.50. The van der Waals surface area contributed by atoms with Crippen molar-refractivity contribution in [1.82, 2.24) is 14.9 Å². The van der Waals surface area contributed by atoms with E-state index in [2.05, 4.69) is 31.6 Å². The van der Waals surface area contributed by atoms with Crippen LogP contribution in [0.15, 0.2) is 29.9 Å². The molecule has 0 unspecified atom stereocenters. The average Bonchev–Trinajstić information content (AvgIpc) is 3.07. The van der Waals surface area contributed by atoms with Crippen molar-refractivity contribution in [2.24, 2.45) is 0 Å². The van der Waals surface area contributed by atoms with Crippen molar-refractivity contribution in [3.63, 3.8) is 0 Å². The zero-order valence-electron chi connectivity index (χ0n) is 12.0. The molecule has 1 saturated heterocycles. The highest BCUT2D eigenvalue weighted by Gasteiger charge is 2.09. The van der Waals surface area contributed by atoms with Gasteiger partial charge < -0.3 is 10.1 Å². The third kappa shape index (κ3) is 4.23. The van der Waals surface area contributed by atoms with Crippen molar-refractivity contribution < 1.29 is 4.74 Å². The maximum absolute atomic E-state index is 5.35. The third-order valence-electron chi connectivity index (χ3n) is 3.47. The van der Waals surface area contributed by atoms with Gasteiger partial charge in [-0.15, -0.1) is 11.3 Å². The fraction of sp³-hybridized carbons (Fsp3) is 0.467. The standard InChI is InChI=1S/C15H20N4OS/c1-3-14(21-10-1)13-11-16-12-15(18-13)17-4-2-5-19-6-8-20-9-7-19/h1,3,10-12H,2,4-9H2,(H,17,18). The Kier molecular flexibility index (Phi) is 5.15. The van der Waals surface area contributed by atoms with Crippen molar-refractivity contribution in [2.45, 2.75) is 6.42 Å². The van der Waals surface area contributed by atoms with E-state index in [0.717, 1.165) is 62.2 Å². The zero-order valence-corrected chi connectivity index (χ0v) is 12.8. The van der Waals surface area contributed by atoms with E-state index in [9.17, 15) is 0 Å². The highest BCUT2D eigenvalue weighted by molar-refractivity contribution is 7.13. The highest BCUT2D eigenvalue weighted by Crippen LogP contribution is 2.22. The molecule has 0 amide bonds. The molecule has 3 heterocycles. The average molecular weight is 304 g/mol. The third-order valence-corrected chi connectivity index (χ3v) is 4.36. The van der Waals surface area contributed by atoms with Crippen molar-refractivity contribution in [3.05, 3.63) is 29.9 Å². The van der Waals surface area contributed by atoms with Crippen molar-refractivity contribution in [2.75, 3.05) is 44.7 Å². The Labute approximate surface area is 129 Å². The van der Waals surface area contributed by atoms with Crippen LogP contribution in [0.5, 0.6) is 0 Å². The van der Waals surface area contributed by atoms with Gasteiger partial charge in [-0.05, 0) is 24.4 Å². The molecule has 1 N–H and O–H groups in total. The summed E-state index contributed by atoms with van der Waals surface area (Å²) in [4.78, 5) is 12.5. The summed E-state index contributed by atoms with van der Waals surface area (Å²) >= 11 is 1.68. The molecule has 3 rings (SSSR count). The molecule has 1 aliphatic heterocycles. The summed E-state index contributed by atoms with van der Waals surface area (Å²) in [6.45, 7) is 5.85. The second-order valence-electron chi connectivity index (χ2n) is 5.00. The van der Waals surface area contributed by atoms with Crippen LogP contribution in [-0.2, 0) is 4.74 Å². The number of rotatable bonds is 6. The molecular weight excluding hydrogens is 284 g/mol. The molecule has 0 atom stereocenters. The summed E-state index contributed by atoms with van der Waals surface area (Å²) < 4.78 is 5.35. The number of aromatic nitrogens is 2. The summed E-state index contributed by atoms with van der Waals surface area (Å²) in [5, 5.41) is 5.41. The Morgan fingerprint density at radius 3 is 3.00 bits per heavy atom. The Balaban J connectivity index is 1.46. The van der Waals surface area contributed by atoms with Gasteiger partial charge in [0.1, 0.15) is 11.5 Å².